The molecule has 0 heterocycles. The molecule has 6 nitrogen and oxygen atoms in total. The monoisotopic (exact) mass is 247 g/mol. The Balaban J connectivity index is 4.50. The molecular weight excluding hydrogens is 226 g/mol. The fourth-order valence-electron chi connectivity index (χ4n) is 1.05. The van der Waals surface area contributed by atoms with E-state index < -0.39 is 29.2 Å². The van der Waals surface area contributed by atoms with Crippen LogP contribution in [0, 0.1) is 0 Å². The van der Waals surface area contributed by atoms with Crippen LogP contribution in [-0.2, 0) is 14.3 Å². The first kappa shape index (κ1) is 15.9. The Kier molecular flexibility index (Phi) is 5.10. The summed E-state index contributed by atoms with van der Waals surface area (Å²) >= 11 is 0. The van der Waals surface area contributed by atoms with E-state index in [9.17, 15) is 14.7 Å². The van der Waals surface area contributed by atoms with Gasteiger partial charge < -0.3 is 14.9 Å². The molecule has 0 saturated heterocycles. The Morgan fingerprint density at radius 3 is 2.06 bits per heavy atom. The molecule has 1 unspecified atom stereocenters. The molecule has 0 bridgehead atoms. The van der Waals surface area contributed by atoms with Crippen LogP contribution in [0.15, 0.2) is 0 Å². The number of aliphatic hydroxyl groups is 1. The first-order chi connectivity index (χ1) is 7.46. The van der Waals surface area contributed by atoms with Crippen LogP contribution in [0.5, 0.6) is 0 Å². The van der Waals surface area contributed by atoms with E-state index in [-0.39, 0.29) is 6.54 Å². The van der Waals surface area contributed by atoms with Gasteiger partial charge in [-0.2, -0.15) is 0 Å². The SMILES string of the molecule is CC(C)(C)OC(=O)C(O)C(C)(C)NCC(=O)O. The number of hydrogen-bond acceptors (Lipinski definition) is 5. The molecule has 0 amide bonds. The molecule has 100 valence electrons. The summed E-state index contributed by atoms with van der Waals surface area (Å²) in [6.07, 6.45) is -1.43. The number of esters is 1. The molecule has 0 aromatic rings. The van der Waals surface area contributed by atoms with Gasteiger partial charge in [0.05, 0.1) is 6.54 Å². The van der Waals surface area contributed by atoms with E-state index in [2.05, 4.69) is 5.32 Å². The maximum Gasteiger partial charge on any atom is 0.337 e. The largest absolute Gasteiger partial charge is 0.480 e. The minimum atomic E-state index is -1.43. The van der Waals surface area contributed by atoms with Crippen LogP contribution in [0.2, 0.25) is 0 Å². The van der Waals surface area contributed by atoms with Gasteiger partial charge in [0.2, 0.25) is 0 Å². The van der Waals surface area contributed by atoms with Gasteiger partial charge in [-0.15, -0.1) is 0 Å². The summed E-state index contributed by atoms with van der Waals surface area (Å²) in [6, 6.07) is 0. The van der Waals surface area contributed by atoms with Crippen molar-refractivity contribution in [3.63, 3.8) is 0 Å². The van der Waals surface area contributed by atoms with E-state index in [0.29, 0.717) is 0 Å². The van der Waals surface area contributed by atoms with Crippen molar-refractivity contribution in [1.29, 1.82) is 0 Å². The highest BCUT2D eigenvalue weighted by Crippen LogP contribution is 2.15. The fraction of sp³-hybridized carbons (Fsp3) is 0.818. The normalized spacial score (nSPS) is 14.2. The third-order valence-electron chi connectivity index (χ3n) is 2.01. The highest BCUT2D eigenvalue weighted by molar-refractivity contribution is 5.76. The molecule has 17 heavy (non-hydrogen) atoms. The lowest BCUT2D eigenvalue weighted by Gasteiger charge is -2.31. The third kappa shape index (κ3) is 6.23. The molecule has 0 rings (SSSR count). The molecule has 0 radical (unpaired) electrons. The van der Waals surface area contributed by atoms with Crippen LogP contribution in [-0.4, -0.2) is 45.9 Å². The number of nitrogens with one attached hydrogen (secondary N) is 1. The van der Waals surface area contributed by atoms with Gasteiger partial charge in [0, 0.05) is 5.54 Å². The Labute approximate surface area is 101 Å². The molecule has 0 aromatic heterocycles. The van der Waals surface area contributed by atoms with E-state index in [4.69, 9.17) is 9.84 Å². The fourth-order valence-corrected chi connectivity index (χ4v) is 1.05. The highest BCUT2D eigenvalue weighted by atomic mass is 16.6. The Hall–Kier alpha value is -1.14. The van der Waals surface area contributed by atoms with Crippen LogP contribution in [0.4, 0.5) is 0 Å². The summed E-state index contributed by atoms with van der Waals surface area (Å²) in [4.78, 5) is 22.0. The minimum absolute atomic E-state index is 0.340. The molecule has 3 N–H and O–H groups in total. The molecular formula is C11H21NO5. The van der Waals surface area contributed by atoms with Gasteiger partial charge in [0.15, 0.2) is 6.10 Å². The van der Waals surface area contributed by atoms with E-state index in [1.807, 2.05) is 0 Å². The molecule has 0 aliphatic carbocycles. The number of rotatable bonds is 5. The van der Waals surface area contributed by atoms with Crippen molar-refractivity contribution in [2.45, 2.75) is 51.9 Å². The van der Waals surface area contributed by atoms with Gasteiger partial charge in [0.1, 0.15) is 5.60 Å². The van der Waals surface area contributed by atoms with Crippen LogP contribution in [0.1, 0.15) is 34.6 Å². The zero-order valence-electron chi connectivity index (χ0n) is 10.9. The standard InChI is InChI=1S/C11H21NO5/c1-10(2,3)17-9(16)8(15)11(4,5)12-6-7(13)14/h8,12,15H,6H2,1-5H3,(H,13,14). The number of aliphatic carboxylic acids is 1. The smallest absolute Gasteiger partial charge is 0.337 e. The second-order valence-corrected chi connectivity index (χ2v) is 5.40. The van der Waals surface area contributed by atoms with Crippen molar-refractivity contribution in [2.24, 2.45) is 0 Å². The molecule has 0 fully saturated rings. The number of carbonyl (C=O) groups is 2. The van der Waals surface area contributed by atoms with E-state index >= 15 is 0 Å². The van der Waals surface area contributed by atoms with Crippen molar-refractivity contribution in [3.8, 4) is 0 Å². The lowest BCUT2D eigenvalue weighted by Crippen LogP contribution is -2.55. The lowest BCUT2D eigenvalue weighted by molar-refractivity contribution is -0.169. The van der Waals surface area contributed by atoms with Crippen LogP contribution in [0.25, 0.3) is 0 Å². The van der Waals surface area contributed by atoms with Crippen molar-refractivity contribution < 1.29 is 24.5 Å². The van der Waals surface area contributed by atoms with Crippen molar-refractivity contribution in [2.75, 3.05) is 6.54 Å². The molecule has 1 atom stereocenters. The minimum Gasteiger partial charge on any atom is -0.480 e. The average Bonchev–Trinajstić information content (AvgIpc) is 2.11. The lowest BCUT2D eigenvalue weighted by atomic mass is 9.97. The second-order valence-electron chi connectivity index (χ2n) is 5.40. The first-order valence-corrected chi connectivity index (χ1v) is 5.33. The number of carboxylic acid groups (broad SMARTS) is 1. The molecule has 0 saturated carbocycles. The van der Waals surface area contributed by atoms with Crippen LogP contribution in [0.3, 0.4) is 0 Å². The van der Waals surface area contributed by atoms with E-state index in [1.165, 1.54) is 13.8 Å². The number of carboxylic acids is 1. The predicted octanol–water partition coefficient (Wildman–Crippen LogP) is 0.142. The molecule has 0 aromatic carbocycles. The van der Waals surface area contributed by atoms with Gasteiger partial charge in [-0.1, -0.05) is 0 Å². The Morgan fingerprint density at radius 1 is 1.24 bits per heavy atom. The average molecular weight is 247 g/mol. The van der Waals surface area contributed by atoms with Crippen molar-refractivity contribution in [3.05, 3.63) is 0 Å². The van der Waals surface area contributed by atoms with Gasteiger partial charge >= 0.3 is 11.9 Å². The summed E-state index contributed by atoms with van der Waals surface area (Å²) in [5, 5.41) is 20.9. The molecule has 0 aliphatic heterocycles. The number of hydrogen-bond donors (Lipinski definition) is 3. The zero-order valence-corrected chi connectivity index (χ0v) is 10.9. The van der Waals surface area contributed by atoms with Crippen molar-refractivity contribution in [1.82, 2.24) is 5.32 Å². The summed E-state index contributed by atoms with van der Waals surface area (Å²) in [5.74, 6) is -1.84. The van der Waals surface area contributed by atoms with Gasteiger partial charge in [-0.3, -0.25) is 10.1 Å². The third-order valence-corrected chi connectivity index (χ3v) is 2.01. The van der Waals surface area contributed by atoms with E-state index in [1.54, 1.807) is 20.8 Å². The van der Waals surface area contributed by atoms with Gasteiger partial charge in [0.25, 0.3) is 0 Å². The maximum atomic E-state index is 11.6. The molecule has 0 spiro atoms. The van der Waals surface area contributed by atoms with Gasteiger partial charge in [-0.05, 0) is 34.6 Å². The first-order valence-electron chi connectivity index (χ1n) is 5.33. The topological polar surface area (TPSA) is 95.9 Å². The number of ether oxygens (including phenoxy) is 1. The van der Waals surface area contributed by atoms with Crippen LogP contribution >= 0.6 is 0 Å². The van der Waals surface area contributed by atoms with Crippen LogP contribution < -0.4 is 5.32 Å². The summed E-state index contributed by atoms with van der Waals surface area (Å²) in [7, 11) is 0. The Bertz CT molecular complexity index is 293. The molecule has 0 aliphatic rings. The zero-order chi connectivity index (χ0) is 13.9. The van der Waals surface area contributed by atoms with Crippen molar-refractivity contribution >= 4 is 11.9 Å². The predicted molar refractivity (Wildman–Crippen MR) is 61.6 cm³/mol. The number of carbonyl (C=O) groups excluding carboxylic acids is 1. The Morgan fingerprint density at radius 2 is 1.71 bits per heavy atom. The summed E-state index contributed by atoms with van der Waals surface area (Å²) in [5.41, 5.74) is -1.76. The second kappa shape index (κ2) is 5.46. The quantitative estimate of drug-likeness (QED) is 0.598. The highest BCUT2D eigenvalue weighted by Gasteiger charge is 2.36. The number of aliphatic hydroxyl groups excluding tert-OH is 1. The molecule has 6 heteroatoms. The van der Waals surface area contributed by atoms with E-state index in [0.717, 1.165) is 0 Å². The maximum absolute atomic E-state index is 11.6. The van der Waals surface area contributed by atoms with Gasteiger partial charge in [-0.25, -0.2) is 4.79 Å². The summed E-state index contributed by atoms with van der Waals surface area (Å²) < 4.78 is 5.02. The summed E-state index contributed by atoms with van der Waals surface area (Å²) in [6.45, 7) is 7.79.